The molecule has 2 N–H and O–H groups in total. The zero-order valence-corrected chi connectivity index (χ0v) is 18.3. The van der Waals surface area contributed by atoms with Crippen molar-refractivity contribution in [2.24, 2.45) is 10.9 Å². The maximum Gasteiger partial charge on any atom is 0.191 e. The van der Waals surface area contributed by atoms with E-state index in [1.54, 1.807) is 19.2 Å². The Bertz CT molecular complexity index is 550. The predicted molar refractivity (Wildman–Crippen MR) is 116 cm³/mol. The van der Waals surface area contributed by atoms with Gasteiger partial charge >= 0.3 is 0 Å². The first kappa shape index (κ1) is 23.0. The molecule has 26 heavy (non-hydrogen) atoms. The average molecular weight is 478 g/mol. The number of hydrogen-bond acceptors (Lipinski definition) is 3. The van der Waals surface area contributed by atoms with Crippen LogP contribution in [0.1, 0.15) is 26.2 Å². The number of hydrogen-bond donors (Lipinski definition) is 2. The van der Waals surface area contributed by atoms with Gasteiger partial charge in [-0.1, -0.05) is 6.07 Å². The molecule has 1 aromatic carbocycles. The van der Waals surface area contributed by atoms with Crippen LogP contribution in [0.15, 0.2) is 29.3 Å². The normalized spacial score (nSPS) is 17.3. The number of rotatable bonds is 7. The second kappa shape index (κ2) is 12.3. The molecular formula is C19H32FIN4O. The van der Waals surface area contributed by atoms with E-state index in [4.69, 9.17) is 4.74 Å². The van der Waals surface area contributed by atoms with Gasteiger partial charge in [0.05, 0.1) is 6.54 Å². The summed E-state index contributed by atoms with van der Waals surface area (Å²) in [6, 6.07) is 6.21. The van der Waals surface area contributed by atoms with Crippen molar-refractivity contribution in [1.82, 2.24) is 15.5 Å². The number of aliphatic imine (C=N–C) groups is 1. The number of nitrogens with one attached hydrogen (secondary N) is 2. The Kier molecular flexibility index (Phi) is 10.9. The third kappa shape index (κ3) is 8.53. The number of likely N-dealkylation sites (tertiary alicyclic amines) is 1. The van der Waals surface area contributed by atoms with Crippen molar-refractivity contribution in [2.45, 2.75) is 32.3 Å². The van der Waals surface area contributed by atoms with Crippen molar-refractivity contribution >= 4 is 29.9 Å². The van der Waals surface area contributed by atoms with Gasteiger partial charge in [0, 0.05) is 19.7 Å². The Balaban J connectivity index is 0.00000338. The predicted octanol–water partition coefficient (Wildman–Crippen LogP) is 3.11. The highest BCUT2D eigenvalue weighted by molar-refractivity contribution is 14.0. The molecule has 1 saturated heterocycles. The zero-order chi connectivity index (χ0) is 18.1. The lowest BCUT2D eigenvalue weighted by Gasteiger charge is -2.29. The monoisotopic (exact) mass is 478 g/mol. The van der Waals surface area contributed by atoms with Crippen LogP contribution in [0, 0.1) is 11.7 Å². The average Bonchev–Trinajstić information content (AvgIpc) is 2.59. The summed E-state index contributed by atoms with van der Waals surface area (Å²) in [5.41, 5.74) is 0. The minimum absolute atomic E-state index is 0. The van der Waals surface area contributed by atoms with E-state index in [2.05, 4.69) is 27.6 Å². The minimum atomic E-state index is -0.288. The lowest BCUT2D eigenvalue weighted by atomic mass is 9.94. The molecule has 0 bridgehead atoms. The highest BCUT2D eigenvalue weighted by Gasteiger charge is 2.16. The molecular weight excluding hydrogens is 446 g/mol. The molecule has 0 aliphatic carbocycles. The van der Waals surface area contributed by atoms with Crippen molar-refractivity contribution in [3.8, 4) is 5.75 Å². The fourth-order valence-electron chi connectivity index (χ4n) is 3.02. The molecule has 148 valence electrons. The maximum absolute atomic E-state index is 13.2. The molecule has 1 unspecified atom stereocenters. The van der Waals surface area contributed by atoms with E-state index in [-0.39, 0.29) is 35.9 Å². The summed E-state index contributed by atoms with van der Waals surface area (Å²) in [6.45, 7) is 5.88. The molecule has 1 aromatic rings. The summed E-state index contributed by atoms with van der Waals surface area (Å²) in [7, 11) is 3.95. The van der Waals surface area contributed by atoms with Gasteiger partial charge in [0.25, 0.3) is 0 Å². The lowest BCUT2D eigenvalue weighted by molar-refractivity contribution is 0.212. The molecule has 1 aliphatic rings. The molecule has 1 heterocycles. The highest BCUT2D eigenvalue weighted by atomic mass is 127. The number of nitrogens with zero attached hydrogens (tertiary/aromatic N) is 2. The van der Waals surface area contributed by atoms with E-state index in [0.29, 0.717) is 12.3 Å². The Labute approximate surface area is 173 Å². The molecule has 7 heteroatoms. The largest absolute Gasteiger partial charge is 0.489 e. The molecule has 0 spiro atoms. The Morgan fingerprint density at radius 1 is 1.35 bits per heavy atom. The van der Waals surface area contributed by atoms with Gasteiger partial charge in [0.2, 0.25) is 0 Å². The number of halogens is 2. The highest BCUT2D eigenvalue weighted by Crippen LogP contribution is 2.18. The van der Waals surface area contributed by atoms with Crippen molar-refractivity contribution in [3.63, 3.8) is 0 Å². The minimum Gasteiger partial charge on any atom is -0.489 e. The summed E-state index contributed by atoms with van der Waals surface area (Å²) in [4.78, 5) is 6.64. The topological polar surface area (TPSA) is 48.9 Å². The Morgan fingerprint density at radius 3 is 2.73 bits per heavy atom. The van der Waals surface area contributed by atoms with Gasteiger partial charge in [0.1, 0.15) is 17.7 Å². The zero-order valence-electron chi connectivity index (χ0n) is 16.0. The van der Waals surface area contributed by atoms with Crippen molar-refractivity contribution in [2.75, 3.05) is 40.3 Å². The molecule has 0 saturated carbocycles. The van der Waals surface area contributed by atoms with Gasteiger partial charge in [-0.2, -0.15) is 0 Å². The standard InChI is InChI=1S/C19H31FN4O.HI/c1-15(25-18-6-4-5-17(20)13-18)14-23-19(21-2)22-10-7-16-8-11-24(3)12-9-16;/h4-6,13,15-16H,7-12,14H2,1-3H3,(H2,21,22,23);1H. The van der Waals surface area contributed by atoms with Crippen molar-refractivity contribution in [1.29, 1.82) is 0 Å². The lowest BCUT2D eigenvalue weighted by Crippen LogP contribution is -2.42. The van der Waals surface area contributed by atoms with Crippen molar-refractivity contribution < 1.29 is 9.13 Å². The van der Waals surface area contributed by atoms with Gasteiger partial charge in [0.15, 0.2) is 5.96 Å². The van der Waals surface area contributed by atoms with E-state index in [0.717, 1.165) is 18.4 Å². The van der Waals surface area contributed by atoms with Crippen LogP contribution >= 0.6 is 24.0 Å². The van der Waals surface area contributed by atoms with Crippen LogP contribution in [0.25, 0.3) is 0 Å². The molecule has 1 atom stereocenters. The van der Waals surface area contributed by atoms with Gasteiger partial charge in [-0.25, -0.2) is 4.39 Å². The molecule has 5 nitrogen and oxygen atoms in total. The van der Waals surface area contributed by atoms with Gasteiger partial charge in [-0.05, 0) is 64.4 Å². The summed E-state index contributed by atoms with van der Waals surface area (Å²) in [5.74, 6) is 1.84. The van der Waals surface area contributed by atoms with E-state index >= 15 is 0 Å². The first-order valence-electron chi connectivity index (χ1n) is 9.12. The fourth-order valence-corrected chi connectivity index (χ4v) is 3.02. The Morgan fingerprint density at radius 2 is 2.08 bits per heavy atom. The second-order valence-electron chi connectivity index (χ2n) is 6.80. The summed E-state index contributed by atoms with van der Waals surface area (Å²) in [6.07, 6.45) is 3.64. The SMILES string of the molecule is CN=C(NCCC1CCN(C)CC1)NCC(C)Oc1cccc(F)c1.I. The van der Waals surface area contributed by atoms with Crippen molar-refractivity contribution in [3.05, 3.63) is 30.1 Å². The number of ether oxygens (including phenoxy) is 1. The van der Waals surface area contributed by atoms with E-state index < -0.39 is 0 Å². The fraction of sp³-hybridized carbons (Fsp3) is 0.632. The number of benzene rings is 1. The van der Waals surface area contributed by atoms with Crippen LogP contribution in [0.4, 0.5) is 4.39 Å². The van der Waals surface area contributed by atoms with Crippen LogP contribution < -0.4 is 15.4 Å². The smallest absolute Gasteiger partial charge is 0.191 e. The molecule has 0 aromatic heterocycles. The second-order valence-corrected chi connectivity index (χ2v) is 6.80. The molecule has 1 aliphatic heterocycles. The van der Waals surface area contributed by atoms with E-state index in [1.165, 1.54) is 44.5 Å². The van der Waals surface area contributed by atoms with E-state index in [9.17, 15) is 4.39 Å². The van der Waals surface area contributed by atoms with Crippen LogP contribution in [0.3, 0.4) is 0 Å². The third-order valence-electron chi connectivity index (χ3n) is 4.60. The first-order valence-corrected chi connectivity index (χ1v) is 9.12. The summed E-state index contributed by atoms with van der Waals surface area (Å²) < 4.78 is 18.9. The van der Waals surface area contributed by atoms with E-state index in [1.807, 2.05) is 6.92 Å². The molecule has 0 radical (unpaired) electrons. The quantitative estimate of drug-likeness (QED) is 0.359. The summed E-state index contributed by atoms with van der Waals surface area (Å²) in [5, 5.41) is 6.63. The number of guanidine groups is 1. The van der Waals surface area contributed by atoms with Gasteiger partial charge < -0.3 is 20.3 Å². The van der Waals surface area contributed by atoms with Crippen LogP contribution in [-0.4, -0.2) is 57.2 Å². The van der Waals surface area contributed by atoms with Crippen LogP contribution in [0.2, 0.25) is 0 Å². The number of piperidine rings is 1. The summed E-state index contributed by atoms with van der Waals surface area (Å²) >= 11 is 0. The van der Waals surface area contributed by atoms with Crippen LogP contribution in [-0.2, 0) is 0 Å². The molecule has 0 amide bonds. The van der Waals surface area contributed by atoms with Gasteiger partial charge in [-0.3, -0.25) is 4.99 Å². The maximum atomic E-state index is 13.2. The van der Waals surface area contributed by atoms with Crippen LogP contribution in [0.5, 0.6) is 5.75 Å². The Hall–Kier alpha value is -1.09. The first-order chi connectivity index (χ1) is 12.1. The third-order valence-corrected chi connectivity index (χ3v) is 4.60. The molecule has 2 rings (SSSR count). The molecule has 1 fully saturated rings. The van der Waals surface area contributed by atoms with Gasteiger partial charge in [-0.15, -0.1) is 24.0 Å².